The largest absolute Gasteiger partial charge is 0.311 e. The number of hydrogen-bond donors (Lipinski definition) is 0. The molecule has 0 atom stereocenters. The Balaban J connectivity index is 1.31. The molecule has 266 valence electrons. The van der Waals surface area contributed by atoms with Crippen molar-refractivity contribution in [3.63, 3.8) is 0 Å². The van der Waals surface area contributed by atoms with Gasteiger partial charge in [-0.25, -0.2) is 9.97 Å². The van der Waals surface area contributed by atoms with Crippen molar-refractivity contribution in [3.05, 3.63) is 206 Å². The van der Waals surface area contributed by atoms with E-state index in [2.05, 4.69) is 4.98 Å². The maximum Gasteiger partial charge on any atom is 0.0972 e. The second kappa shape index (κ2) is 13.6. The Kier molecular flexibility index (Phi) is 5.23. The van der Waals surface area contributed by atoms with Gasteiger partial charge in [-0.15, -0.1) is 0 Å². The summed E-state index contributed by atoms with van der Waals surface area (Å²) in [5.74, 6) is 0. The minimum absolute atomic E-state index is 0.0827. The quantitative estimate of drug-likeness (QED) is 0.159. The molecule has 0 aliphatic rings. The van der Waals surface area contributed by atoms with Gasteiger partial charge < -0.3 is 4.90 Å². The van der Waals surface area contributed by atoms with Gasteiger partial charge in [-0.2, -0.15) is 0 Å². The van der Waals surface area contributed by atoms with E-state index < -0.39 is 78.6 Å². The molecule has 0 aliphatic carbocycles. The molecule has 0 fully saturated rings. The third kappa shape index (κ3) is 5.66. The molecule has 0 N–H and O–H groups in total. The summed E-state index contributed by atoms with van der Waals surface area (Å²) in [6, 6.07) is 29.2. The second-order valence-electron chi connectivity index (χ2n) is 13.4. The van der Waals surface area contributed by atoms with Crippen LogP contribution in [-0.2, 0) is 0 Å². The first-order chi connectivity index (χ1) is 33.7. The lowest BCUT2D eigenvalue weighted by Gasteiger charge is -2.26. The predicted molar refractivity (Wildman–Crippen MR) is 238 cm³/mol. The molecule has 0 unspecified atom stereocenters. The fraction of sp³-hybridized carbons (Fsp3) is 0. The van der Waals surface area contributed by atoms with Gasteiger partial charge in [-0.1, -0.05) is 139 Å². The highest BCUT2D eigenvalue weighted by Crippen LogP contribution is 2.44. The van der Waals surface area contributed by atoms with Gasteiger partial charge in [0.1, 0.15) is 0 Å². The third-order valence-corrected chi connectivity index (χ3v) is 10.1. The van der Waals surface area contributed by atoms with E-state index in [1.165, 1.54) is 0 Å². The van der Waals surface area contributed by atoms with Gasteiger partial charge in [0, 0.05) is 61.3 Å². The van der Waals surface area contributed by atoms with Gasteiger partial charge >= 0.3 is 0 Å². The average molecular weight is 740 g/mol. The maximum absolute atomic E-state index is 9.96. The number of benzene rings is 8. The Hall–Kier alpha value is -7.69. The van der Waals surface area contributed by atoms with Crippen molar-refractivity contribution < 1.29 is 17.8 Å². The van der Waals surface area contributed by atoms with Crippen molar-refractivity contribution in [2.75, 3.05) is 4.90 Å². The monoisotopic (exact) mass is 739 g/mol. The lowest BCUT2D eigenvalue weighted by Crippen LogP contribution is -2.09. The van der Waals surface area contributed by atoms with E-state index in [0.717, 1.165) is 16.5 Å². The van der Waals surface area contributed by atoms with Crippen LogP contribution in [0.15, 0.2) is 206 Å². The number of rotatable bonds is 6. The van der Waals surface area contributed by atoms with Crippen molar-refractivity contribution in [3.8, 4) is 33.6 Å². The SMILES string of the molecule is [2H]c1c([2H])c(N(c2ccccc2)c2ccc(-c3ccccc3)cc2)c([2H])c([2H])c1-c1nc2c([2H])c([2H])c([2H])c([2H])c2c2c1c(-c1ccc3ccc4cccnc4c3n1)c([2H])c1c([2H])c([2H])c([2H])c([2H])c12. The number of anilines is 3. The standard InChI is InChI=1S/C53H34N4/c1-3-12-35(13-4-1)36-23-28-42(29-24-36)57(41-16-5-2-6-17-41)43-30-25-38(26-31-43)51-50-46(48-32-27-39-22-21-37-15-11-33-54-52(37)53(39)56-48)34-40-14-7-8-18-44(40)49(50)45-19-9-10-20-47(45)55-51/h1-34H/i7D,8D,9D,10D,14D,18D,19D,20D,25D,26D,30D,31D,34D. The minimum atomic E-state index is -0.675. The van der Waals surface area contributed by atoms with Crippen molar-refractivity contribution in [2.45, 2.75) is 0 Å². The summed E-state index contributed by atoms with van der Waals surface area (Å²) in [4.78, 5) is 16.1. The van der Waals surface area contributed by atoms with Gasteiger partial charge in [0.15, 0.2) is 0 Å². The Morgan fingerprint density at radius 1 is 0.439 bits per heavy atom. The third-order valence-electron chi connectivity index (χ3n) is 10.1. The molecule has 4 heteroatoms. The van der Waals surface area contributed by atoms with Crippen molar-refractivity contribution in [2.24, 2.45) is 0 Å². The summed E-state index contributed by atoms with van der Waals surface area (Å²) >= 11 is 0. The predicted octanol–water partition coefficient (Wildman–Crippen LogP) is 14.1. The van der Waals surface area contributed by atoms with Gasteiger partial charge in [-0.05, 0) is 82.5 Å². The molecule has 0 spiro atoms. The van der Waals surface area contributed by atoms with Crippen LogP contribution in [0.2, 0.25) is 0 Å². The van der Waals surface area contributed by atoms with E-state index >= 15 is 0 Å². The Labute approximate surface area is 348 Å². The van der Waals surface area contributed by atoms with E-state index in [1.807, 2.05) is 78.9 Å². The molecule has 0 aliphatic heterocycles. The molecule has 4 nitrogen and oxygen atoms in total. The van der Waals surface area contributed by atoms with Gasteiger partial charge in [0.25, 0.3) is 0 Å². The number of para-hydroxylation sites is 2. The summed E-state index contributed by atoms with van der Waals surface area (Å²) in [6.07, 6.45) is 1.61. The summed E-state index contributed by atoms with van der Waals surface area (Å²) in [5, 5.41) is 0.363. The van der Waals surface area contributed by atoms with Crippen LogP contribution in [0.4, 0.5) is 17.1 Å². The molecule has 0 radical (unpaired) electrons. The van der Waals surface area contributed by atoms with Crippen LogP contribution < -0.4 is 4.90 Å². The highest BCUT2D eigenvalue weighted by atomic mass is 15.1. The summed E-state index contributed by atoms with van der Waals surface area (Å²) in [6.45, 7) is 0. The highest BCUT2D eigenvalue weighted by molar-refractivity contribution is 6.26. The molecule has 0 saturated heterocycles. The molecule has 8 aromatic carbocycles. The molecule has 11 rings (SSSR count). The Bertz CT molecular complexity index is 4010. The average Bonchev–Trinajstić information content (AvgIpc) is 3.39. The van der Waals surface area contributed by atoms with E-state index in [9.17, 15) is 12.3 Å². The molecular formula is C53H34N4. The van der Waals surface area contributed by atoms with Crippen LogP contribution >= 0.6 is 0 Å². The first kappa shape index (κ1) is 22.0. The minimum Gasteiger partial charge on any atom is -0.311 e. The highest BCUT2D eigenvalue weighted by Gasteiger charge is 2.20. The first-order valence-electron chi connectivity index (χ1n) is 24.7. The fourth-order valence-corrected chi connectivity index (χ4v) is 7.45. The lowest BCUT2D eigenvalue weighted by atomic mass is 9.90. The van der Waals surface area contributed by atoms with E-state index in [1.54, 1.807) is 53.6 Å². The van der Waals surface area contributed by atoms with Crippen LogP contribution in [-0.4, -0.2) is 15.0 Å². The Morgan fingerprint density at radius 2 is 1.11 bits per heavy atom. The zero-order valence-electron chi connectivity index (χ0n) is 42.9. The van der Waals surface area contributed by atoms with Gasteiger partial charge in [-0.3, -0.25) is 4.98 Å². The lowest BCUT2D eigenvalue weighted by molar-refractivity contribution is 1.28. The van der Waals surface area contributed by atoms with E-state index in [-0.39, 0.29) is 60.6 Å². The fourth-order valence-electron chi connectivity index (χ4n) is 7.45. The van der Waals surface area contributed by atoms with Crippen LogP contribution in [0, 0.1) is 0 Å². The van der Waals surface area contributed by atoms with Gasteiger partial charge in [0.05, 0.1) is 45.8 Å². The molecule has 0 bridgehead atoms. The van der Waals surface area contributed by atoms with Crippen molar-refractivity contribution in [1.82, 2.24) is 15.0 Å². The van der Waals surface area contributed by atoms with E-state index in [4.69, 9.17) is 15.5 Å². The number of nitrogens with zero attached hydrogens (tertiary/aromatic N) is 4. The molecular weight excluding hydrogens is 693 g/mol. The normalized spacial score (nSPS) is 14.7. The number of aromatic nitrogens is 3. The molecule has 11 aromatic rings. The molecule has 0 amide bonds. The Morgan fingerprint density at radius 3 is 1.91 bits per heavy atom. The molecule has 0 saturated carbocycles. The topological polar surface area (TPSA) is 41.9 Å². The molecule has 57 heavy (non-hydrogen) atoms. The summed E-state index contributed by atoms with van der Waals surface area (Å²) in [5.41, 5.74) is 2.67. The molecule has 3 heterocycles. The number of fused-ring (bicyclic) bond motifs is 8. The maximum atomic E-state index is 9.96. The van der Waals surface area contributed by atoms with Gasteiger partial charge in [0.2, 0.25) is 0 Å². The second-order valence-corrected chi connectivity index (χ2v) is 13.4. The van der Waals surface area contributed by atoms with Crippen molar-refractivity contribution in [1.29, 1.82) is 0 Å². The zero-order chi connectivity index (χ0) is 49.0. The zero-order valence-corrected chi connectivity index (χ0v) is 29.9. The smallest absolute Gasteiger partial charge is 0.0972 e. The van der Waals surface area contributed by atoms with Crippen molar-refractivity contribution >= 4 is 71.3 Å². The number of pyridine rings is 3. The molecule has 3 aromatic heterocycles. The van der Waals surface area contributed by atoms with Crippen LogP contribution in [0.1, 0.15) is 17.8 Å². The summed E-state index contributed by atoms with van der Waals surface area (Å²) < 4.78 is 121. The first-order valence-corrected chi connectivity index (χ1v) is 18.2. The van der Waals surface area contributed by atoms with Crippen LogP contribution in [0.5, 0.6) is 0 Å². The summed E-state index contributed by atoms with van der Waals surface area (Å²) in [7, 11) is 0. The van der Waals surface area contributed by atoms with E-state index in [0.29, 0.717) is 27.8 Å². The van der Waals surface area contributed by atoms with Crippen LogP contribution in [0.3, 0.4) is 0 Å². The number of hydrogen-bond acceptors (Lipinski definition) is 4. The van der Waals surface area contributed by atoms with Crippen LogP contribution in [0.25, 0.3) is 87.9 Å².